The standard InChI is InChI=1S/C31H44N2O9/c1-29-11-7-22(34)16-21(29)5-6-23-24-8-12-31(38,30(24,2)17-25(35)28(23)29)26(36)19-41-27(37)18-32-13-9-20(10-14-32)4-3-15-42-33(39)40/h7,11,16,20,23-25,28,35,38H,3-6,8-10,12-15,17-19H2,1-2H3/t23?,24?,25-,28?,29-,30-,31-/m0/s1. The molecule has 0 amide bonds. The molecule has 232 valence electrons. The molecule has 2 N–H and O–H groups in total. The molecule has 0 aromatic heterocycles. The van der Waals surface area contributed by atoms with Crippen LogP contribution in [-0.4, -0.2) is 82.3 Å². The van der Waals surface area contributed by atoms with E-state index in [1.807, 2.05) is 17.9 Å². The monoisotopic (exact) mass is 588 g/mol. The first-order valence-corrected chi connectivity index (χ1v) is 15.4. The van der Waals surface area contributed by atoms with E-state index in [2.05, 4.69) is 11.8 Å². The van der Waals surface area contributed by atoms with Crippen molar-refractivity contribution in [2.24, 2.45) is 34.5 Å². The smallest absolute Gasteiger partial charge is 0.320 e. The Balaban J connectivity index is 1.14. The van der Waals surface area contributed by atoms with Gasteiger partial charge in [0.25, 0.3) is 5.09 Å². The van der Waals surface area contributed by atoms with E-state index in [1.165, 1.54) is 0 Å². The Kier molecular flexibility index (Phi) is 8.66. The SMILES string of the molecule is C[C@]12C=CC(=O)C=C1CCC1C2[C@@H](O)C[C@@]2(C)C1CC[C@]2(O)C(=O)COC(=O)CN1CCC(CCCO[N+](=O)[O-])CC1. The van der Waals surface area contributed by atoms with Gasteiger partial charge in [-0.15, -0.1) is 10.1 Å². The molecule has 1 saturated heterocycles. The number of rotatable bonds is 10. The molecule has 1 heterocycles. The average molecular weight is 589 g/mol. The zero-order valence-corrected chi connectivity index (χ0v) is 24.7. The van der Waals surface area contributed by atoms with Gasteiger partial charge in [-0.2, -0.15) is 0 Å². The Bertz CT molecular complexity index is 1160. The van der Waals surface area contributed by atoms with E-state index in [1.54, 1.807) is 12.2 Å². The first-order chi connectivity index (χ1) is 19.9. The summed E-state index contributed by atoms with van der Waals surface area (Å²) in [5.41, 5.74) is -1.88. The largest absolute Gasteiger partial charge is 0.457 e. The van der Waals surface area contributed by atoms with Gasteiger partial charge in [0.05, 0.1) is 19.3 Å². The van der Waals surface area contributed by atoms with E-state index in [0.717, 1.165) is 37.7 Å². The Morgan fingerprint density at radius 3 is 2.64 bits per heavy atom. The Morgan fingerprint density at radius 2 is 1.93 bits per heavy atom. The zero-order valence-electron chi connectivity index (χ0n) is 24.7. The van der Waals surface area contributed by atoms with E-state index in [-0.39, 0.29) is 49.5 Å². The van der Waals surface area contributed by atoms with Crippen LogP contribution in [0.4, 0.5) is 0 Å². The lowest BCUT2D eigenvalue weighted by molar-refractivity contribution is -0.757. The molecule has 0 spiro atoms. The maximum absolute atomic E-state index is 13.5. The minimum absolute atomic E-state index is 0.0196. The third-order valence-electron chi connectivity index (χ3n) is 11.5. The number of likely N-dealkylation sites (tertiary alicyclic amines) is 1. The Labute approximate surface area is 246 Å². The van der Waals surface area contributed by atoms with E-state index in [9.17, 15) is 34.7 Å². The van der Waals surface area contributed by atoms with Gasteiger partial charge in [0.15, 0.2) is 12.4 Å². The van der Waals surface area contributed by atoms with Crippen molar-refractivity contribution < 1.29 is 39.3 Å². The number of fused-ring (bicyclic) bond motifs is 5. The molecule has 4 aliphatic carbocycles. The van der Waals surface area contributed by atoms with Crippen LogP contribution in [0, 0.1) is 44.6 Å². The molecule has 0 aromatic carbocycles. The second-order valence-electron chi connectivity index (χ2n) is 13.6. The van der Waals surface area contributed by atoms with Crippen LogP contribution in [0.15, 0.2) is 23.8 Å². The molecule has 5 aliphatic rings. The molecule has 4 fully saturated rings. The van der Waals surface area contributed by atoms with Crippen molar-refractivity contribution in [2.45, 2.75) is 83.3 Å². The predicted octanol–water partition coefficient (Wildman–Crippen LogP) is 2.81. The summed E-state index contributed by atoms with van der Waals surface area (Å²) in [6.07, 6.45) is 10.4. The zero-order chi connectivity index (χ0) is 30.3. The highest BCUT2D eigenvalue weighted by molar-refractivity contribution is 6.01. The van der Waals surface area contributed by atoms with Crippen molar-refractivity contribution in [1.82, 2.24) is 4.90 Å². The van der Waals surface area contributed by atoms with Gasteiger partial charge in [0.2, 0.25) is 5.78 Å². The van der Waals surface area contributed by atoms with Gasteiger partial charge in [0, 0.05) is 16.7 Å². The number of aliphatic hydroxyl groups excluding tert-OH is 1. The number of piperidine rings is 1. The molecule has 11 nitrogen and oxygen atoms in total. The number of aliphatic hydroxyl groups is 2. The normalized spacial score (nSPS) is 38.2. The number of esters is 1. The molecule has 11 heteroatoms. The Hall–Kier alpha value is -2.63. The number of nitrogens with zero attached hydrogens (tertiary/aromatic N) is 2. The fraction of sp³-hybridized carbons (Fsp3) is 0.774. The van der Waals surface area contributed by atoms with Crippen LogP contribution in [0.1, 0.15) is 71.6 Å². The molecule has 5 rings (SSSR count). The molecule has 0 bridgehead atoms. The van der Waals surface area contributed by atoms with Gasteiger partial charge in [0.1, 0.15) is 5.60 Å². The molecular weight excluding hydrogens is 544 g/mol. The highest BCUT2D eigenvalue weighted by atomic mass is 16.9. The predicted molar refractivity (Wildman–Crippen MR) is 150 cm³/mol. The summed E-state index contributed by atoms with van der Waals surface area (Å²) in [5.74, 6) is -0.558. The van der Waals surface area contributed by atoms with Crippen molar-refractivity contribution in [1.29, 1.82) is 0 Å². The maximum atomic E-state index is 13.5. The lowest BCUT2D eigenvalue weighted by atomic mass is 9.46. The van der Waals surface area contributed by atoms with Crippen LogP contribution in [0.5, 0.6) is 0 Å². The van der Waals surface area contributed by atoms with Gasteiger partial charge < -0.3 is 19.8 Å². The lowest BCUT2D eigenvalue weighted by Crippen LogP contribution is -2.61. The van der Waals surface area contributed by atoms with Gasteiger partial charge >= 0.3 is 5.97 Å². The van der Waals surface area contributed by atoms with Gasteiger partial charge in [-0.05, 0) is 101 Å². The maximum Gasteiger partial charge on any atom is 0.320 e. The van der Waals surface area contributed by atoms with E-state index in [4.69, 9.17) is 4.74 Å². The number of ether oxygens (including phenoxy) is 1. The van der Waals surface area contributed by atoms with Crippen LogP contribution in [0.3, 0.4) is 0 Å². The number of carbonyl (C=O) groups is 3. The summed E-state index contributed by atoms with van der Waals surface area (Å²) < 4.78 is 5.39. The third kappa shape index (κ3) is 5.55. The van der Waals surface area contributed by atoms with E-state index < -0.39 is 46.0 Å². The molecule has 7 atom stereocenters. The summed E-state index contributed by atoms with van der Waals surface area (Å²) in [6.45, 7) is 5.07. The summed E-state index contributed by atoms with van der Waals surface area (Å²) in [6, 6.07) is 0. The topological polar surface area (TPSA) is 157 Å². The highest BCUT2D eigenvalue weighted by Gasteiger charge is 2.68. The van der Waals surface area contributed by atoms with Crippen LogP contribution < -0.4 is 0 Å². The number of carbonyl (C=O) groups excluding carboxylic acids is 3. The second kappa shape index (κ2) is 11.8. The van der Waals surface area contributed by atoms with E-state index >= 15 is 0 Å². The molecule has 1 aliphatic heterocycles. The van der Waals surface area contributed by atoms with Crippen molar-refractivity contribution in [2.75, 3.05) is 32.8 Å². The van der Waals surface area contributed by atoms with Crippen molar-refractivity contribution >= 4 is 17.5 Å². The summed E-state index contributed by atoms with van der Waals surface area (Å²) in [4.78, 5) is 54.8. The molecular formula is C31H44N2O9. The molecule has 42 heavy (non-hydrogen) atoms. The summed E-state index contributed by atoms with van der Waals surface area (Å²) >= 11 is 0. The van der Waals surface area contributed by atoms with Gasteiger partial charge in [-0.1, -0.05) is 25.5 Å². The van der Waals surface area contributed by atoms with Gasteiger partial charge in [-0.25, -0.2) is 0 Å². The molecule has 0 radical (unpaired) electrons. The number of hydrogen-bond acceptors (Lipinski definition) is 10. The minimum atomic E-state index is -1.68. The number of Topliss-reactive ketones (excluding diaryl/α,β-unsaturated/α-hetero) is 1. The van der Waals surface area contributed by atoms with E-state index in [0.29, 0.717) is 31.8 Å². The number of allylic oxidation sites excluding steroid dienone is 4. The van der Waals surface area contributed by atoms with Crippen molar-refractivity contribution in [3.05, 3.63) is 33.9 Å². The molecule has 3 saturated carbocycles. The molecule has 0 aromatic rings. The highest BCUT2D eigenvalue weighted by Crippen LogP contribution is 2.67. The first kappa shape index (κ1) is 30.8. The van der Waals surface area contributed by atoms with Crippen molar-refractivity contribution in [3.8, 4) is 0 Å². The van der Waals surface area contributed by atoms with Crippen LogP contribution in [-0.2, 0) is 24.0 Å². The van der Waals surface area contributed by atoms with Crippen LogP contribution >= 0.6 is 0 Å². The fourth-order valence-corrected chi connectivity index (χ4v) is 9.23. The number of hydrogen-bond donors (Lipinski definition) is 2. The fourth-order valence-electron chi connectivity index (χ4n) is 9.23. The number of ketones is 2. The van der Waals surface area contributed by atoms with Crippen LogP contribution in [0.2, 0.25) is 0 Å². The first-order valence-electron chi connectivity index (χ1n) is 15.4. The molecule has 3 unspecified atom stereocenters. The third-order valence-corrected chi connectivity index (χ3v) is 11.5. The lowest BCUT2D eigenvalue weighted by Gasteiger charge is -2.59. The van der Waals surface area contributed by atoms with Crippen molar-refractivity contribution in [3.63, 3.8) is 0 Å². The van der Waals surface area contributed by atoms with Gasteiger partial charge in [-0.3, -0.25) is 19.3 Å². The summed E-state index contributed by atoms with van der Waals surface area (Å²) in [7, 11) is 0. The Morgan fingerprint density at radius 1 is 1.19 bits per heavy atom. The van der Waals surface area contributed by atoms with Crippen LogP contribution in [0.25, 0.3) is 0 Å². The quantitative estimate of drug-likeness (QED) is 0.168. The summed E-state index contributed by atoms with van der Waals surface area (Å²) in [5, 5.41) is 32.9. The minimum Gasteiger partial charge on any atom is -0.457 e. The second-order valence-corrected chi connectivity index (χ2v) is 13.6. The average Bonchev–Trinajstić information content (AvgIpc) is 3.21.